The first-order valence-electron chi connectivity index (χ1n) is 6.65. The van der Waals surface area contributed by atoms with E-state index in [9.17, 15) is 13.2 Å². The summed E-state index contributed by atoms with van der Waals surface area (Å²) in [6, 6.07) is 0. The van der Waals surface area contributed by atoms with Crippen molar-refractivity contribution >= 4 is 0 Å². The van der Waals surface area contributed by atoms with Crippen LogP contribution in [-0.2, 0) is 4.74 Å². The summed E-state index contributed by atoms with van der Waals surface area (Å²) in [4.78, 5) is 2.43. The summed E-state index contributed by atoms with van der Waals surface area (Å²) in [5, 5.41) is 3.23. The monoisotopic (exact) mass is 268 g/mol. The summed E-state index contributed by atoms with van der Waals surface area (Å²) in [6.07, 6.45) is 0.314. The van der Waals surface area contributed by atoms with Crippen LogP contribution >= 0.6 is 0 Å². The minimum atomic E-state index is -4.21. The first-order chi connectivity index (χ1) is 8.58. The van der Waals surface area contributed by atoms with Gasteiger partial charge in [-0.2, -0.15) is 13.2 Å². The molecule has 0 aliphatic carbocycles. The van der Waals surface area contributed by atoms with E-state index >= 15 is 0 Å². The van der Waals surface area contributed by atoms with Gasteiger partial charge in [0, 0.05) is 19.7 Å². The maximum absolute atomic E-state index is 11.7. The Morgan fingerprint density at radius 2 is 1.78 bits per heavy atom. The van der Waals surface area contributed by atoms with Crippen LogP contribution in [0.15, 0.2) is 0 Å². The normalized spacial score (nSPS) is 18.2. The lowest BCUT2D eigenvalue weighted by Gasteiger charge is -2.26. The fraction of sp³-hybridized carbons (Fsp3) is 1.00. The summed E-state index contributed by atoms with van der Waals surface area (Å²) in [5.74, 6) is 0. The predicted octanol–water partition coefficient (Wildman–Crippen LogP) is 2.03. The van der Waals surface area contributed by atoms with E-state index in [4.69, 9.17) is 0 Å². The Morgan fingerprint density at radius 3 is 2.44 bits per heavy atom. The number of hydrogen-bond acceptors (Lipinski definition) is 3. The molecule has 0 atom stereocenters. The summed E-state index contributed by atoms with van der Waals surface area (Å²) < 4.78 is 39.8. The lowest BCUT2D eigenvalue weighted by atomic mass is 10.1. The van der Waals surface area contributed by atoms with Crippen molar-refractivity contribution in [3.05, 3.63) is 0 Å². The Morgan fingerprint density at radius 1 is 1.06 bits per heavy atom. The van der Waals surface area contributed by atoms with Gasteiger partial charge in [0.1, 0.15) is 6.61 Å². The standard InChI is InChI=1S/C12H23F3N2O/c13-12(14,15)11-18-10-4-5-16-6-9-17-7-2-1-3-8-17/h16H,1-11H2. The lowest BCUT2D eigenvalue weighted by Crippen LogP contribution is -2.36. The van der Waals surface area contributed by atoms with Crippen molar-refractivity contribution in [3.8, 4) is 0 Å². The number of nitrogens with zero attached hydrogens (tertiary/aromatic N) is 1. The van der Waals surface area contributed by atoms with E-state index in [-0.39, 0.29) is 6.61 Å². The average Bonchev–Trinajstić information content (AvgIpc) is 2.32. The largest absolute Gasteiger partial charge is 0.411 e. The summed E-state index contributed by atoms with van der Waals surface area (Å²) in [5.41, 5.74) is 0. The number of rotatable bonds is 8. The third-order valence-electron chi connectivity index (χ3n) is 2.96. The molecule has 6 heteroatoms. The molecular weight excluding hydrogens is 245 g/mol. The van der Waals surface area contributed by atoms with E-state index < -0.39 is 12.8 Å². The Bertz CT molecular complexity index is 206. The maximum Gasteiger partial charge on any atom is 0.411 e. The Labute approximate surface area is 107 Å². The second-order valence-electron chi connectivity index (χ2n) is 4.67. The van der Waals surface area contributed by atoms with Gasteiger partial charge in [0.05, 0.1) is 0 Å². The molecule has 1 saturated heterocycles. The van der Waals surface area contributed by atoms with E-state index in [2.05, 4.69) is 15.0 Å². The molecule has 1 rings (SSSR count). The summed E-state index contributed by atoms with van der Waals surface area (Å²) in [7, 11) is 0. The van der Waals surface area contributed by atoms with Crippen LogP contribution in [0.3, 0.4) is 0 Å². The van der Waals surface area contributed by atoms with Crippen molar-refractivity contribution in [1.29, 1.82) is 0 Å². The smallest absolute Gasteiger partial charge is 0.372 e. The predicted molar refractivity (Wildman–Crippen MR) is 64.7 cm³/mol. The highest BCUT2D eigenvalue weighted by atomic mass is 19.4. The fourth-order valence-corrected chi connectivity index (χ4v) is 2.03. The first-order valence-corrected chi connectivity index (χ1v) is 6.65. The van der Waals surface area contributed by atoms with Crippen molar-refractivity contribution in [2.24, 2.45) is 0 Å². The zero-order valence-electron chi connectivity index (χ0n) is 10.8. The zero-order valence-corrected chi connectivity index (χ0v) is 10.8. The molecule has 0 aromatic rings. The molecule has 0 aromatic heterocycles. The van der Waals surface area contributed by atoms with Crippen molar-refractivity contribution in [1.82, 2.24) is 10.2 Å². The number of halogens is 3. The molecule has 0 radical (unpaired) electrons. The van der Waals surface area contributed by atoms with Crippen LogP contribution in [0, 0.1) is 0 Å². The summed E-state index contributed by atoms with van der Waals surface area (Å²) >= 11 is 0. The Kier molecular flexibility index (Phi) is 7.62. The van der Waals surface area contributed by atoms with Gasteiger partial charge in [-0.15, -0.1) is 0 Å². The number of alkyl halides is 3. The average molecular weight is 268 g/mol. The maximum atomic E-state index is 11.7. The van der Waals surface area contributed by atoms with E-state index in [1.165, 1.54) is 32.4 Å². The third kappa shape index (κ3) is 8.72. The zero-order chi connectivity index (χ0) is 13.3. The number of ether oxygens (including phenoxy) is 1. The van der Waals surface area contributed by atoms with Crippen LogP contribution in [0.5, 0.6) is 0 Å². The van der Waals surface area contributed by atoms with Crippen LogP contribution in [0.25, 0.3) is 0 Å². The van der Waals surface area contributed by atoms with Gasteiger partial charge in [-0.3, -0.25) is 0 Å². The minimum absolute atomic E-state index is 0.163. The Hall–Kier alpha value is -0.330. The number of hydrogen-bond donors (Lipinski definition) is 1. The van der Waals surface area contributed by atoms with E-state index in [1.807, 2.05) is 0 Å². The van der Waals surface area contributed by atoms with Crippen LogP contribution in [0.2, 0.25) is 0 Å². The van der Waals surface area contributed by atoms with Crippen molar-refractivity contribution in [2.75, 3.05) is 45.9 Å². The molecule has 1 aliphatic rings. The molecule has 0 unspecified atom stereocenters. The SMILES string of the molecule is FC(F)(F)COCCCNCCN1CCCCC1. The molecule has 1 aliphatic heterocycles. The molecular formula is C12H23F3N2O. The number of likely N-dealkylation sites (tertiary alicyclic amines) is 1. The van der Waals surface area contributed by atoms with Crippen LogP contribution < -0.4 is 5.32 Å². The van der Waals surface area contributed by atoms with Crippen LogP contribution in [-0.4, -0.2) is 57.0 Å². The third-order valence-corrected chi connectivity index (χ3v) is 2.96. The van der Waals surface area contributed by atoms with Gasteiger partial charge < -0.3 is 15.0 Å². The molecule has 0 aromatic carbocycles. The molecule has 1 heterocycles. The molecule has 3 nitrogen and oxygen atoms in total. The van der Waals surface area contributed by atoms with E-state index in [1.54, 1.807) is 0 Å². The van der Waals surface area contributed by atoms with Gasteiger partial charge in [0.15, 0.2) is 0 Å². The van der Waals surface area contributed by atoms with Crippen molar-refractivity contribution in [2.45, 2.75) is 31.9 Å². The van der Waals surface area contributed by atoms with Gasteiger partial charge >= 0.3 is 6.18 Å². The van der Waals surface area contributed by atoms with Crippen molar-refractivity contribution in [3.63, 3.8) is 0 Å². The molecule has 0 bridgehead atoms. The second-order valence-corrected chi connectivity index (χ2v) is 4.67. The molecule has 1 N–H and O–H groups in total. The van der Waals surface area contributed by atoms with Gasteiger partial charge in [0.2, 0.25) is 0 Å². The fourth-order valence-electron chi connectivity index (χ4n) is 2.03. The van der Waals surface area contributed by atoms with Gasteiger partial charge in [-0.1, -0.05) is 6.42 Å². The Balaban J connectivity index is 1.81. The second kappa shape index (κ2) is 8.72. The quantitative estimate of drug-likeness (QED) is 0.682. The number of nitrogens with one attached hydrogen (secondary N) is 1. The van der Waals surface area contributed by atoms with E-state index in [0.29, 0.717) is 13.0 Å². The molecule has 1 fully saturated rings. The minimum Gasteiger partial charge on any atom is -0.372 e. The molecule has 18 heavy (non-hydrogen) atoms. The van der Waals surface area contributed by atoms with Crippen molar-refractivity contribution < 1.29 is 17.9 Å². The lowest BCUT2D eigenvalue weighted by molar-refractivity contribution is -0.173. The molecule has 0 saturated carbocycles. The molecule has 108 valence electrons. The molecule has 0 spiro atoms. The van der Waals surface area contributed by atoms with Crippen LogP contribution in [0.1, 0.15) is 25.7 Å². The van der Waals surface area contributed by atoms with Gasteiger partial charge in [-0.25, -0.2) is 0 Å². The number of piperidine rings is 1. The highest BCUT2D eigenvalue weighted by molar-refractivity contribution is 4.65. The topological polar surface area (TPSA) is 24.5 Å². The van der Waals surface area contributed by atoms with Crippen LogP contribution in [0.4, 0.5) is 13.2 Å². The highest BCUT2D eigenvalue weighted by Gasteiger charge is 2.27. The highest BCUT2D eigenvalue weighted by Crippen LogP contribution is 2.14. The molecule has 0 amide bonds. The van der Waals surface area contributed by atoms with E-state index in [0.717, 1.165) is 13.1 Å². The van der Waals surface area contributed by atoms with Gasteiger partial charge in [0.25, 0.3) is 0 Å². The van der Waals surface area contributed by atoms with Gasteiger partial charge in [-0.05, 0) is 38.9 Å². The summed E-state index contributed by atoms with van der Waals surface area (Å²) in [6.45, 7) is 4.03. The first kappa shape index (κ1) is 15.7.